The highest BCUT2D eigenvalue weighted by Crippen LogP contribution is 2.29. The van der Waals surface area contributed by atoms with Gasteiger partial charge >= 0.3 is 0 Å². The largest absolute Gasteiger partial charge is 0.368 e. The fourth-order valence-corrected chi connectivity index (χ4v) is 0.938. The van der Waals surface area contributed by atoms with E-state index in [0.717, 1.165) is 0 Å². The van der Waals surface area contributed by atoms with Crippen molar-refractivity contribution in [3.63, 3.8) is 0 Å². The molecule has 0 spiro atoms. The summed E-state index contributed by atoms with van der Waals surface area (Å²) in [6.45, 7) is 2.61. The highest BCUT2D eigenvalue weighted by atomic mass is 16.5. The number of carbonyl (C=O) groups excluding carboxylic acids is 1. The van der Waals surface area contributed by atoms with Gasteiger partial charge in [-0.2, -0.15) is 0 Å². The van der Waals surface area contributed by atoms with Crippen LogP contribution in [0.2, 0.25) is 0 Å². The lowest BCUT2D eigenvalue weighted by molar-refractivity contribution is -0.129. The molecule has 1 aliphatic carbocycles. The van der Waals surface area contributed by atoms with Crippen LogP contribution in [0.15, 0.2) is 0 Å². The van der Waals surface area contributed by atoms with Crippen molar-refractivity contribution >= 4 is 5.91 Å². The molecule has 1 rings (SSSR count). The van der Waals surface area contributed by atoms with Crippen LogP contribution in [0.3, 0.4) is 0 Å². The minimum absolute atomic E-state index is 0.340. The van der Waals surface area contributed by atoms with Crippen molar-refractivity contribution in [2.24, 2.45) is 11.7 Å². The smallest absolute Gasteiger partial charge is 0.246 e. The third-order valence-electron chi connectivity index (χ3n) is 1.92. The fourth-order valence-electron chi connectivity index (χ4n) is 0.938. The van der Waals surface area contributed by atoms with Crippen molar-refractivity contribution < 1.29 is 9.53 Å². The highest BCUT2D eigenvalue weighted by molar-refractivity contribution is 5.78. The molecule has 0 heterocycles. The molecule has 1 atom stereocenters. The molecule has 0 bridgehead atoms. The van der Waals surface area contributed by atoms with E-state index in [4.69, 9.17) is 10.5 Å². The molecule has 1 unspecified atom stereocenters. The first-order valence-corrected chi connectivity index (χ1v) is 4.15. The van der Waals surface area contributed by atoms with Gasteiger partial charge in [0.25, 0.3) is 0 Å². The molecule has 0 radical (unpaired) electrons. The van der Waals surface area contributed by atoms with Crippen molar-refractivity contribution in [3.8, 4) is 0 Å². The minimum atomic E-state index is -0.365. The third-order valence-corrected chi connectivity index (χ3v) is 1.92. The zero-order valence-corrected chi connectivity index (χ0v) is 6.88. The molecule has 1 aliphatic rings. The minimum Gasteiger partial charge on any atom is -0.368 e. The van der Waals surface area contributed by atoms with Gasteiger partial charge in [-0.05, 0) is 25.2 Å². The van der Waals surface area contributed by atoms with Gasteiger partial charge in [0.15, 0.2) is 0 Å². The van der Waals surface area contributed by atoms with Crippen molar-refractivity contribution in [2.45, 2.75) is 32.3 Å². The summed E-state index contributed by atoms with van der Waals surface area (Å²) in [4.78, 5) is 10.7. The predicted octanol–water partition coefficient (Wildman–Crippen LogP) is 0.677. The molecule has 2 N–H and O–H groups in total. The Morgan fingerprint density at radius 2 is 2.36 bits per heavy atom. The van der Waals surface area contributed by atoms with Crippen LogP contribution < -0.4 is 5.73 Å². The Bertz CT molecular complexity index is 143. The summed E-state index contributed by atoms with van der Waals surface area (Å²) in [6.07, 6.45) is 2.81. The maximum atomic E-state index is 10.7. The van der Waals surface area contributed by atoms with Gasteiger partial charge < -0.3 is 10.5 Å². The van der Waals surface area contributed by atoms with Crippen LogP contribution in [-0.4, -0.2) is 18.6 Å². The van der Waals surface area contributed by atoms with Crippen molar-refractivity contribution in [3.05, 3.63) is 0 Å². The molecule has 0 aromatic carbocycles. The summed E-state index contributed by atoms with van der Waals surface area (Å²) in [5.74, 6) is 0.358. The lowest BCUT2D eigenvalue weighted by Crippen LogP contribution is -2.31. The molecule has 0 aromatic rings. The monoisotopic (exact) mass is 157 g/mol. The molecule has 64 valence electrons. The Kier molecular flexibility index (Phi) is 2.88. The van der Waals surface area contributed by atoms with E-state index in [1.165, 1.54) is 12.8 Å². The van der Waals surface area contributed by atoms with Crippen LogP contribution in [0.4, 0.5) is 0 Å². The number of amides is 1. The van der Waals surface area contributed by atoms with E-state index in [0.29, 0.717) is 18.9 Å². The first-order valence-electron chi connectivity index (χ1n) is 4.15. The van der Waals surface area contributed by atoms with E-state index in [1.54, 1.807) is 0 Å². The molecule has 0 aliphatic heterocycles. The number of rotatable bonds is 5. The normalized spacial score (nSPS) is 19.7. The van der Waals surface area contributed by atoms with Crippen LogP contribution in [0.25, 0.3) is 0 Å². The quantitative estimate of drug-likeness (QED) is 0.638. The van der Waals surface area contributed by atoms with Crippen LogP contribution in [0, 0.1) is 5.92 Å². The summed E-state index contributed by atoms with van der Waals surface area (Å²) >= 11 is 0. The van der Waals surface area contributed by atoms with Gasteiger partial charge in [-0.15, -0.1) is 0 Å². The lowest BCUT2D eigenvalue weighted by Gasteiger charge is -2.10. The number of carbonyl (C=O) groups is 1. The SMILES string of the molecule is CCC(OCC1CC1)C(N)=O. The number of nitrogens with two attached hydrogens (primary N) is 1. The molecule has 1 saturated carbocycles. The molecular formula is C8H15NO2. The van der Waals surface area contributed by atoms with Gasteiger partial charge in [-0.3, -0.25) is 4.79 Å². The number of hydrogen-bond acceptors (Lipinski definition) is 2. The first kappa shape index (κ1) is 8.53. The van der Waals surface area contributed by atoms with Gasteiger partial charge in [0, 0.05) is 0 Å². The summed E-state index contributed by atoms with van der Waals surface area (Å²) in [5.41, 5.74) is 5.09. The van der Waals surface area contributed by atoms with E-state index in [-0.39, 0.29) is 12.0 Å². The summed E-state index contributed by atoms with van der Waals surface area (Å²) in [6, 6.07) is 0. The molecule has 11 heavy (non-hydrogen) atoms. The Morgan fingerprint density at radius 3 is 2.73 bits per heavy atom. The number of hydrogen-bond donors (Lipinski definition) is 1. The second-order valence-corrected chi connectivity index (χ2v) is 3.08. The summed E-state index contributed by atoms with van der Waals surface area (Å²) in [5, 5.41) is 0. The Morgan fingerprint density at radius 1 is 1.73 bits per heavy atom. The van der Waals surface area contributed by atoms with Crippen LogP contribution in [-0.2, 0) is 9.53 Å². The molecular weight excluding hydrogens is 142 g/mol. The van der Waals surface area contributed by atoms with Gasteiger partial charge in [0.05, 0.1) is 6.61 Å². The Hall–Kier alpha value is -0.570. The average Bonchev–Trinajstić information content (AvgIpc) is 2.72. The van der Waals surface area contributed by atoms with E-state index in [2.05, 4.69) is 0 Å². The zero-order valence-electron chi connectivity index (χ0n) is 6.88. The predicted molar refractivity (Wildman–Crippen MR) is 41.9 cm³/mol. The standard InChI is InChI=1S/C8H15NO2/c1-2-7(8(9)10)11-5-6-3-4-6/h6-7H,2-5H2,1H3,(H2,9,10). The van der Waals surface area contributed by atoms with Gasteiger partial charge in [-0.25, -0.2) is 0 Å². The van der Waals surface area contributed by atoms with E-state index >= 15 is 0 Å². The molecule has 1 fully saturated rings. The fraction of sp³-hybridized carbons (Fsp3) is 0.875. The Labute approximate surface area is 66.9 Å². The van der Waals surface area contributed by atoms with Gasteiger partial charge in [0.2, 0.25) is 5.91 Å². The summed E-state index contributed by atoms with van der Waals surface area (Å²) < 4.78 is 5.30. The second-order valence-electron chi connectivity index (χ2n) is 3.08. The summed E-state index contributed by atoms with van der Waals surface area (Å²) in [7, 11) is 0. The van der Waals surface area contributed by atoms with Crippen LogP contribution in [0.5, 0.6) is 0 Å². The zero-order chi connectivity index (χ0) is 8.27. The maximum absolute atomic E-state index is 10.7. The molecule has 3 nitrogen and oxygen atoms in total. The third kappa shape index (κ3) is 2.89. The topological polar surface area (TPSA) is 52.3 Å². The van der Waals surface area contributed by atoms with Crippen LogP contribution >= 0.6 is 0 Å². The lowest BCUT2D eigenvalue weighted by atomic mass is 10.2. The van der Waals surface area contributed by atoms with E-state index in [1.807, 2.05) is 6.92 Å². The molecule has 0 saturated heterocycles. The average molecular weight is 157 g/mol. The van der Waals surface area contributed by atoms with E-state index in [9.17, 15) is 4.79 Å². The maximum Gasteiger partial charge on any atom is 0.246 e. The van der Waals surface area contributed by atoms with Crippen molar-refractivity contribution in [2.75, 3.05) is 6.61 Å². The van der Waals surface area contributed by atoms with Crippen molar-refractivity contribution in [1.29, 1.82) is 0 Å². The number of ether oxygens (including phenoxy) is 1. The van der Waals surface area contributed by atoms with E-state index < -0.39 is 0 Å². The molecule has 1 amide bonds. The van der Waals surface area contributed by atoms with Gasteiger partial charge in [-0.1, -0.05) is 6.92 Å². The number of primary amides is 1. The van der Waals surface area contributed by atoms with Crippen LogP contribution in [0.1, 0.15) is 26.2 Å². The first-order chi connectivity index (χ1) is 5.24. The Balaban J connectivity index is 2.13. The van der Waals surface area contributed by atoms with Crippen molar-refractivity contribution in [1.82, 2.24) is 0 Å². The molecule has 3 heteroatoms. The highest BCUT2D eigenvalue weighted by Gasteiger charge is 2.24. The second kappa shape index (κ2) is 3.72. The van der Waals surface area contributed by atoms with Gasteiger partial charge in [0.1, 0.15) is 6.10 Å². The molecule has 0 aromatic heterocycles.